The molecule has 0 radical (unpaired) electrons. The van der Waals surface area contributed by atoms with Crippen molar-refractivity contribution in [3.8, 4) is 5.75 Å². The summed E-state index contributed by atoms with van der Waals surface area (Å²) in [7, 11) is 4.01. The van der Waals surface area contributed by atoms with Crippen molar-refractivity contribution >= 4 is 23.5 Å². The third-order valence-electron chi connectivity index (χ3n) is 6.28. The average Bonchev–Trinajstić information content (AvgIpc) is 2.76. The molecule has 3 rings (SSSR count). The number of aryl methyl sites for hydroxylation is 2. The molecule has 1 aromatic heterocycles. The molecule has 0 bridgehead atoms. The van der Waals surface area contributed by atoms with Gasteiger partial charge in [-0.3, -0.25) is 4.79 Å². The summed E-state index contributed by atoms with van der Waals surface area (Å²) in [4.78, 5) is 25.7. The van der Waals surface area contributed by atoms with Gasteiger partial charge in [-0.2, -0.15) is 0 Å². The fourth-order valence-electron chi connectivity index (χ4n) is 4.71. The number of piperidine rings is 1. The Bertz CT molecular complexity index is 920. The second-order valence-corrected chi connectivity index (χ2v) is 10.1. The van der Waals surface area contributed by atoms with Gasteiger partial charge in [-0.15, -0.1) is 0 Å². The van der Waals surface area contributed by atoms with Crippen LogP contribution in [-0.4, -0.2) is 67.2 Å². The molecule has 0 aliphatic carbocycles. The van der Waals surface area contributed by atoms with Gasteiger partial charge in [0.05, 0.1) is 24.0 Å². The van der Waals surface area contributed by atoms with E-state index in [1.807, 2.05) is 47.0 Å². The zero-order valence-corrected chi connectivity index (χ0v) is 21.9. The number of hydrogen-bond acceptors (Lipinski definition) is 6. The summed E-state index contributed by atoms with van der Waals surface area (Å²) in [6.07, 6.45) is 7.76. The van der Waals surface area contributed by atoms with Gasteiger partial charge in [0.2, 0.25) is 5.95 Å². The number of likely N-dealkylation sites (N-methyl/N-ethyl adjacent to an activating group) is 1. The van der Waals surface area contributed by atoms with E-state index in [0.717, 1.165) is 73.7 Å². The molecule has 0 saturated carbocycles. The molecule has 1 aliphatic heterocycles. The number of benzene rings is 1. The van der Waals surface area contributed by atoms with Crippen molar-refractivity contribution in [2.75, 3.05) is 45.2 Å². The van der Waals surface area contributed by atoms with E-state index in [-0.39, 0.29) is 11.9 Å². The highest BCUT2D eigenvalue weighted by molar-refractivity contribution is 6.30. The summed E-state index contributed by atoms with van der Waals surface area (Å²) >= 11 is 5.89. The monoisotopic (exact) mass is 487 g/mol. The van der Waals surface area contributed by atoms with Gasteiger partial charge in [0.25, 0.3) is 5.91 Å². The molecule has 186 valence electrons. The fourth-order valence-corrected chi connectivity index (χ4v) is 4.80. The predicted octanol–water partition coefficient (Wildman–Crippen LogP) is 4.50. The first-order valence-electron chi connectivity index (χ1n) is 12.1. The maximum Gasteiger partial charge on any atom is 0.252 e. The lowest BCUT2D eigenvalue weighted by Gasteiger charge is -2.32. The van der Waals surface area contributed by atoms with Gasteiger partial charge in [0.15, 0.2) is 0 Å². The largest absolute Gasteiger partial charge is 0.494 e. The van der Waals surface area contributed by atoms with E-state index >= 15 is 0 Å². The third kappa shape index (κ3) is 7.57. The van der Waals surface area contributed by atoms with Gasteiger partial charge < -0.3 is 19.9 Å². The minimum absolute atomic E-state index is 0.0220. The summed E-state index contributed by atoms with van der Waals surface area (Å²) in [6.45, 7) is 9.41. The minimum Gasteiger partial charge on any atom is -0.494 e. The van der Waals surface area contributed by atoms with E-state index in [9.17, 15) is 4.79 Å². The van der Waals surface area contributed by atoms with Crippen molar-refractivity contribution in [2.45, 2.75) is 52.5 Å². The standard InChI is InChI=1S/C26H38ClN5O2/c1-18-13-23(14-19(2)24(18)25(33)30-20(3)17-31(4)5)34-12-6-7-21-8-10-32(11-9-21)26-28-15-22(27)16-29-26/h13-16,20-21H,6-12,17H2,1-5H3,(H,30,33). The zero-order valence-electron chi connectivity index (χ0n) is 21.1. The number of carbonyl (C=O) groups is 1. The van der Waals surface area contributed by atoms with E-state index in [0.29, 0.717) is 17.5 Å². The SMILES string of the molecule is Cc1cc(OCCCC2CCN(c3ncc(Cl)cn3)CC2)cc(C)c1C(=O)NC(C)CN(C)C. The lowest BCUT2D eigenvalue weighted by atomic mass is 9.92. The Morgan fingerprint density at radius 2 is 1.82 bits per heavy atom. The second kappa shape index (κ2) is 12.4. The van der Waals surface area contributed by atoms with Crippen LogP contribution >= 0.6 is 11.6 Å². The van der Waals surface area contributed by atoms with Crippen LogP contribution in [0.25, 0.3) is 0 Å². The molecule has 0 spiro atoms. The van der Waals surface area contributed by atoms with Crippen LogP contribution < -0.4 is 15.0 Å². The van der Waals surface area contributed by atoms with Gasteiger partial charge in [-0.1, -0.05) is 11.6 Å². The topological polar surface area (TPSA) is 70.6 Å². The van der Waals surface area contributed by atoms with Crippen LogP contribution in [0.5, 0.6) is 5.75 Å². The van der Waals surface area contributed by atoms with Crippen LogP contribution in [0.4, 0.5) is 5.95 Å². The second-order valence-electron chi connectivity index (χ2n) is 9.69. The van der Waals surface area contributed by atoms with Crippen LogP contribution in [0, 0.1) is 19.8 Å². The smallest absolute Gasteiger partial charge is 0.252 e. The van der Waals surface area contributed by atoms with Crippen molar-refractivity contribution in [2.24, 2.45) is 5.92 Å². The number of hydrogen-bond donors (Lipinski definition) is 1. The Kier molecular flexibility index (Phi) is 9.54. The highest BCUT2D eigenvalue weighted by Crippen LogP contribution is 2.26. The Morgan fingerprint density at radius 3 is 2.41 bits per heavy atom. The molecule has 34 heavy (non-hydrogen) atoms. The summed E-state index contributed by atoms with van der Waals surface area (Å²) in [5.74, 6) is 2.28. The normalized spacial score (nSPS) is 15.4. The molecule has 8 heteroatoms. The number of ether oxygens (including phenoxy) is 1. The van der Waals surface area contributed by atoms with Gasteiger partial charge in [0, 0.05) is 31.2 Å². The molecular formula is C26H38ClN5O2. The summed E-state index contributed by atoms with van der Waals surface area (Å²) in [6, 6.07) is 4.04. The molecule has 1 N–H and O–H groups in total. The van der Waals surface area contributed by atoms with Crippen LogP contribution in [0.2, 0.25) is 5.02 Å². The number of nitrogens with zero attached hydrogens (tertiary/aromatic N) is 4. The van der Waals surface area contributed by atoms with Gasteiger partial charge in [0.1, 0.15) is 5.75 Å². The third-order valence-corrected chi connectivity index (χ3v) is 6.47. The minimum atomic E-state index is -0.0220. The highest BCUT2D eigenvalue weighted by atomic mass is 35.5. The Labute approximate surface area is 208 Å². The van der Waals surface area contributed by atoms with Gasteiger partial charge in [-0.25, -0.2) is 9.97 Å². The number of nitrogens with one attached hydrogen (secondary N) is 1. The van der Waals surface area contributed by atoms with E-state index < -0.39 is 0 Å². The summed E-state index contributed by atoms with van der Waals surface area (Å²) in [5, 5.41) is 3.66. The molecular weight excluding hydrogens is 450 g/mol. The Hall–Kier alpha value is -2.38. The first-order valence-corrected chi connectivity index (χ1v) is 12.5. The predicted molar refractivity (Wildman–Crippen MR) is 138 cm³/mol. The van der Waals surface area contributed by atoms with Crippen LogP contribution in [0.3, 0.4) is 0 Å². The first-order chi connectivity index (χ1) is 16.2. The van der Waals surface area contributed by atoms with Gasteiger partial charge >= 0.3 is 0 Å². The summed E-state index contributed by atoms with van der Waals surface area (Å²) in [5.41, 5.74) is 2.64. The van der Waals surface area contributed by atoms with Crippen molar-refractivity contribution in [1.29, 1.82) is 0 Å². The number of halogens is 1. The molecule has 1 aliphatic rings. The van der Waals surface area contributed by atoms with Crippen molar-refractivity contribution in [1.82, 2.24) is 20.2 Å². The van der Waals surface area contributed by atoms with Crippen molar-refractivity contribution in [3.05, 3.63) is 46.2 Å². The molecule has 1 aromatic carbocycles. The molecule has 1 fully saturated rings. The highest BCUT2D eigenvalue weighted by Gasteiger charge is 2.21. The molecule has 1 unspecified atom stereocenters. The number of rotatable bonds is 10. The maximum absolute atomic E-state index is 12.8. The van der Waals surface area contributed by atoms with Crippen molar-refractivity contribution < 1.29 is 9.53 Å². The maximum atomic E-state index is 12.8. The number of carbonyl (C=O) groups excluding carboxylic acids is 1. The Morgan fingerprint density at radius 1 is 1.21 bits per heavy atom. The zero-order chi connectivity index (χ0) is 24.7. The lowest BCUT2D eigenvalue weighted by Crippen LogP contribution is -2.40. The van der Waals surface area contributed by atoms with Crippen LogP contribution in [0.1, 0.15) is 54.1 Å². The molecule has 7 nitrogen and oxygen atoms in total. The van der Waals surface area contributed by atoms with E-state index in [1.54, 1.807) is 12.4 Å². The fraction of sp³-hybridized carbons (Fsp3) is 0.577. The van der Waals surface area contributed by atoms with E-state index in [2.05, 4.69) is 25.1 Å². The van der Waals surface area contributed by atoms with E-state index in [1.165, 1.54) is 0 Å². The molecule has 2 heterocycles. The van der Waals surface area contributed by atoms with Crippen LogP contribution in [-0.2, 0) is 0 Å². The Balaban J connectivity index is 1.42. The first kappa shape index (κ1) is 26.2. The van der Waals surface area contributed by atoms with E-state index in [4.69, 9.17) is 16.3 Å². The number of aromatic nitrogens is 2. The quantitative estimate of drug-likeness (QED) is 0.497. The molecule has 1 atom stereocenters. The summed E-state index contributed by atoms with van der Waals surface area (Å²) < 4.78 is 6.05. The average molecular weight is 488 g/mol. The molecule has 2 aromatic rings. The molecule has 1 saturated heterocycles. The number of anilines is 1. The number of amides is 1. The molecule has 1 amide bonds. The van der Waals surface area contributed by atoms with Crippen LogP contribution in [0.15, 0.2) is 24.5 Å². The van der Waals surface area contributed by atoms with Crippen molar-refractivity contribution in [3.63, 3.8) is 0 Å². The van der Waals surface area contributed by atoms with Gasteiger partial charge in [-0.05, 0) is 89.7 Å². The lowest BCUT2D eigenvalue weighted by molar-refractivity contribution is 0.0933.